The van der Waals surface area contributed by atoms with E-state index in [1.807, 2.05) is 0 Å². The average molecular weight is 393 g/mol. The molecule has 0 aromatic rings. The van der Waals surface area contributed by atoms with Crippen LogP contribution in [0.4, 0.5) is 0 Å². The molecule has 6 nitrogen and oxygen atoms in total. The minimum absolute atomic E-state index is 0.00457. The lowest BCUT2D eigenvalue weighted by Crippen LogP contribution is -2.53. The van der Waals surface area contributed by atoms with E-state index in [1.54, 1.807) is 0 Å². The van der Waals surface area contributed by atoms with Crippen LogP contribution in [0.25, 0.3) is 0 Å². The second kappa shape index (κ2) is 9.12. The van der Waals surface area contributed by atoms with Crippen molar-refractivity contribution < 1.29 is 19.1 Å². The molecule has 6 heteroatoms. The van der Waals surface area contributed by atoms with Crippen molar-refractivity contribution in [1.82, 2.24) is 10.6 Å². The summed E-state index contributed by atoms with van der Waals surface area (Å²) in [6.45, 7) is 3.21. The predicted octanol–water partition coefficient (Wildman–Crippen LogP) is 2.41. The van der Waals surface area contributed by atoms with E-state index in [-0.39, 0.29) is 23.3 Å². The summed E-state index contributed by atoms with van der Waals surface area (Å²) >= 11 is 0. The van der Waals surface area contributed by atoms with Crippen LogP contribution in [-0.2, 0) is 19.1 Å². The highest BCUT2D eigenvalue weighted by Gasteiger charge is 2.54. The van der Waals surface area contributed by atoms with Gasteiger partial charge in [-0.15, -0.1) is 0 Å². The number of ether oxygens (including phenoxy) is 2. The number of carbonyl (C=O) groups excluding carboxylic acids is 2. The van der Waals surface area contributed by atoms with Gasteiger partial charge in [0.1, 0.15) is 0 Å². The Balaban J connectivity index is 1.06. The molecule has 5 rings (SSSR count). The van der Waals surface area contributed by atoms with E-state index in [0.29, 0.717) is 32.7 Å². The summed E-state index contributed by atoms with van der Waals surface area (Å²) in [4.78, 5) is 24.8. The van der Waals surface area contributed by atoms with Crippen LogP contribution in [0.5, 0.6) is 0 Å². The molecular weight excluding hydrogens is 356 g/mol. The van der Waals surface area contributed by atoms with Gasteiger partial charge in [-0.25, -0.2) is 0 Å². The molecule has 5 fully saturated rings. The SMILES string of the molecule is O=C(CCNC(=O)C12CC3CC(CC(C3)C1)C2)NCCCOCC1CCCO1. The van der Waals surface area contributed by atoms with Crippen LogP contribution in [0.15, 0.2) is 0 Å². The van der Waals surface area contributed by atoms with Gasteiger partial charge in [0, 0.05) is 38.1 Å². The molecule has 4 aliphatic carbocycles. The zero-order valence-electron chi connectivity index (χ0n) is 17.0. The van der Waals surface area contributed by atoms with Crippen LogP contribution < -0.4 is 10.6 Å². The summed E-state index contributed by atoms with van der Waals surface area (Å²) in [7, 11) is 0. The molecule has 1 atom stereocenters. The van der Waals surface area contributed by atoms with Crippen LogP contribution >= 0.6 is 0 Å². The van der Waals surface area contributed by atoms with Crippen molar-refractivity contribution in [2.24, 2.45) is 23.2 Å². The molecular formula is C22H36N2O4. The normalized spacial score (nSPS) is 35.9. The van der Waals surface area contributed by atoms with Gasteiger partial charge in [0.25, 0.3) is 0 Å². The van der Waals surface area contributed by atoms with E-state index >= 15 is 0 Å². The molecule has 2 amide bonds. The van der Waals surface area contributed by atoms with E-state index in [4.69, 9.17) is 9.47 Å². The Morgan fingerprint density at radius 3 is 2.36 bits per heavy atom. The van der Waals surface area contributed by atoms with Gasteiger partial charge in [-0.05, 0) is 75.5 Å². The summed E-state index contributed by atoms with van der Waals surface area (Å²) in [5.74, 6) is 2.51. The summed E-state index contributed by atoms with van der Waals surface area (Å²) in [5.41, 5.74) is -0.119. The molecule has 28 heavy (non-hydrogen) atoms. The maximum Gasteiger partial charge on any atom is 0.226 e. The Hall–Kier alpha value is -1.14. The van der Waals surface area contributed by atoms with Crippen molar-refractivity contribution in [1.29, 1.82) is 0 Å². The van der Waals surface area contributed by atoms with E-state index in [2.05, 4.69) is 10.6 Å². The van der Waals surface area contributed by atoms with E-state index < -0.39 is 0 Å². The number of hydrogen-bond acceptors (Lipinski definition) is 4. The zero-order chi connectivity index (χ0) is 19.4. The first-order chi connectivity index (χ1) is 13.6. The van der Waals surface area contributed by atoms with E-state index in [9.17, 15) is 9.59 Å². The maximum atomic E-state index is 12.8. The Bertz CT molecular complexity index is 523. The molecule has 0 radical (unpaired) electrons. The number of carbonyl (C=O) groups is 2. The fraction of sp³-hybridized carbons (Fsp3) is 0.909. The second-order valence-corrected chi connectivity index (χ2v) is 9.62. The monoisotopic (exact) mass is 392 g/mol. The maximum absolute atomic E-state index is 12.8. The third-order valence-corrected chi connectivity index (χ3v) is 7.27. The predicted molar refractivity (Wildman–Crippen MR) is 106 cm³/mol. The fourth-order valence-corrected chi connectivity index (χ4v) is 6.35. The molecule has 1 unspecified atom stereocenters. The number of amides is 2. The van der Waals surface area contributed by atoms with Crippen molar-refractivity contribution in [3.8, 4) is 0 Å². The first-order valence-corrected chi connectivity index (χ1v) is 11.4. The highest BCUT2D eigenvalue weighted by Crippen LogP contribution is 2.60. The van der Waals surface area contributed by atoms with Gasteiger partial charge in [-0.3, -0.25) is 9.59 Å². The van der Waals surface area contributed by atoms with Gasteiger partial charge in [0.05, 0.1) is 12.7 Å². The molecule has 4 bridgehead atoms. The first-order valence-electron chi connectivity index (χ1n) is 11.4. The van der Waals surface area contributed by atoms with Gasteiger partial charge in [-0.2, -0.15) is 0 Å². The Morgan fingerprint density at radius 1 is 1.00 bits per heavy atom. The second-order valence-electron chi connectivity index (χ2n) is 9.62. The van der Waals surface area contributed by atoms with Gasteiger partial charge in [-0.1, -0.05) is 0 Å². The number of nitrogens with one attached hydrogen (secondary N) is 2. The van der Waals surface area contributed by atoms with Crippen molar-refractivity contribution in [2.75, 3.05) is 32.9 Å². The molecule has 1 saturated heterocycles. The minimum Gasteiger partial charge on any atom is -0.379 e. The summed E-state index contributed by atoms with van der Waals surface area (Å²) < 4.78 is 11.1. The molecule has 1 heterocycles. The van der Waals surface area contributed by atoms with Crippen LogP contribution in [0.1, 0.15) is 64.2 Å². The molecule has 5 aliphatic rings. The van der Waals surface area contributed by atoms with Crippen LogP contribution in [0.2, 0.25) is 0 Å². The number of hydrogen-bond donors (Lipinski definition) is 2. The molecule has 2 N–H and O–H groups in total. The Kier molecular flexibility index (Phi) is 6.56. The molecule has 4 saturated carbocycles. The van der Waals surface area contributed by atoms with Crippen molar-refractivity contribution >= 4 is 11.8 Å². The smallest absolute Gasteiger partial charge is 0.226 e. The highest BCUT2D eigenvalue weighted by atomic mass is 16.5. The van der Waals surface area contributed by atoms with Crippen molar-refractivity contribution in [2.45, 2.75) is 70.3 Å². The zero-order valence-corrected chi connectivity index (χ0v) is 17.0. The van der Waals surface area contributed by atoms with Crippen LogP contribution in [0, 0.1) is 23.2 Å². The lowest BCUT2D eigenvalue weighted by molar-refractivity contribution is -0.146. The molecule has 1 aliphatic heterocycles. The fourth-order valence-electron chi connectivity index (χ4n) is 6.35. The average Bonchev–Trinajstić information content (AvgIpc) is 3.17. The summed E-state index contributed by atoms with van der Waals surface area (Å²) in [6, 6.07) is 0. The lowest BCUT2D eigenvalue weighted by atomic mass is 9.49. The minimum atomic E-state index is -0.119. The van der Waals surface area contributed by atoms with Gasteiger partial charge in [0.2, 0.25) is 11.8 Å². The Morgan fingerprint density at radius 2 is 1.71 bits per heavy atom. The standard InChI is InChI=1S/C22H36N2O4/c25-20(23-5-2-7-27-15-19-3-1-8-28-19)4-6-24-21(26)22-12-16-9-17(13-22)11-18(10-16)14-22/h16-19H,1-15H2,(H,23,25)(H,24,26). The number of rotatable bonds is 10. The van der Waals surface area contributed by atoms with Gasteiger partial charge >= 0.3 is 0 Å². The quantitative estimate of drug-likeness (QED) is 0.560. The molecule has 0 spiro atoms. The van der Waals surface area contributed by atoms with Gasteiger partial charge < -0.3 is 20.1 Å². The highest BCUT2D eigenvalue weighted by molar-refractivity contribution is 5.84. The molecule has 0 aromatic carbocycles. The van der Waals surface area contributed by atoms with E-state index in [1.165, 1.54) is 19.3 Å². The summed E-state index contributed by atoms with van der Waals surface area (Å²) in [5, 5.41) is 5.99. The van der Waals surface area contributed by atoms with E-state index in [0.717, 1.165) is 62.9 Å². The third kappa shape index (κ3) is 4.88. The Labute approximate surface area is 168 Å². The van der Waals surface area contributed by atoms with Crippen LogP contribution in [0.3, 0.4) is 0 Å². The molecule has 0 aromatic heterocycles. The topological polar surface area (TPSA) is 76.7 Å². The largest absolute Gasteiger partial charge is 0.379 e. The summed E-state index contributed by atoms with van der Waals surface area (Å²) in [6.07, 6.45) is 10.9. The van der Waals surface area contributed by atoms with Crippen molar-refractivity contribution in [3.05, 3.63) is 0 Å². The van der Waals surface area contributed by atoms with Crippen molar-refractivity contribution in [3.63, 3.8) is 0 Å². The third-order valence-electron chi connectivity index (χ3n) is 7.27. The molecule has 158 valence electrons. The lowest BCUT2D eigenvalue weighted by Gasteiger charge is -2.55. The van der Waals surface area contributed by atoms with Crippen LogP contribution in [-0.4, -0.2) is 50.8 Å². The first kappa shape index (κ1) is 20.1. The van der Waals surface area contributed by atoms with Gasteiger partial charge in [0.15, 0.2) is 0 Å².